The van der Waals surface area contributed by atoms with Crippen molar-refractivity contribution in [1.82, 2.24) is 9.97 Å². The monoisotopic (exact) mass is 331 g/mol. The van der Waals surface area contributed by atoms with Crippen LogP contribution < -0.4 is 5.32 Å². The molecule has 0 aliphatic carbocycles. The Morgan fingerprint density at radius 2 is 2.04 bits per heavy atom. The van der Waals surface area contributed by atoms with Gasteiger partial charge in [0.15, 0.2) is 0 Å². The smallest absolute Gasteiger partial charge is 0.340 e. The molecule has 1 aromatic carbocycles. The lowest BCUT2D eigenvalue weighted by molar-refractivity contribution is 0.0697. The predicted molar refractivity (Wildman–Crippen MR) is 87.1 cm³/mol. The maximum Gasteiger partial charge on any atom is 0.340 e. The molecular formula is C16H14ClN3O3. The predicted octanol–water partition coefficient (Wildman–Crippen LogP) is 3.54. The standard InChI is InChI=1S/C16H14ClN3O3/c1-9-12(16(21)22)13-14(19-8-20-15(13)23-9)18-7-6-10-2-4-11(17)5-3-10/h2-5,8H,6-7H2,1H3,(H,21,22)(H,18,19,20). The molecule has 3 aromatic rings. The number of hydrogen-bond donors (Lipinski definition) is 2. The van der Waals surface area contributed by atoms with Crippen LogP contribution in [0.25, 0.3) is 11.1 Å². The molecule has 0 unspecified atom stereocenters. The van der Waals surface area contributed by atoms with Crippen molar-refractivity contribution in [1.29, 1.82) is 0 Å². The van der Waals surface area contributed by atoms with Gasteiger partial charge in [-0.3, -0.25) is 0 Å². The summed E-state index contributed by atoms with van der Waals surface area (Å²) in [5.74, 6) is -0.288. The number of halogens is 1. The van der Waals surface area contributed by atoms with Gasteiger partial charge in [-0.1, -0.05) is 23.7 Å². The van der Waals surface area contributed by atoms with Gasteiger partial charge in [0, 0.05) is 11.6 Å². The number of furan rings is 1. The Morgan fingerprint density at radius 1 is 1.30 bits per heavy atom. The Morgan fingerprint density at radius 3 is 2.74 bits per heavy atom. The lowest BCUT2D eigenvalue weighted by Crippen LogP contribution is -2.08. The number of aromatic nitrogens is 2. The summed E-state index contributed by atoms with van der Waals surface area (Å²) >= 11 is 5.86. The molecule has 6 nitrogen and oxygen atoms in total. The number of nitrogens with one attached hydrogen (secondary N) is 1. The molecule has 0 fully saturated rings. The summed E-state index contributed by atoms with van der Waals surface area (Å²) in [5.41, 5.74) is 1.48. The minimum absolute atomic E-state index is 0.0922. The Balaban J connectivity index is 1.82. The maximum atomic E-state index is 11.4. The second-order valence-corrected chi connectivity index (χ2v) is 5.48. The first kappa shape index (κ1) is 15.3. The largest absolute Gasteiger partial charge is 0.478 e. The molecule has 2 N–H and O–H groups in total. The summed E-state index contributed by atoms with van der Waals surface area (Å²) in [5, 5.41) is 13.6. The third-order valence-corrected chi connectivity index (χ3v) is 3.75. The Hall–Kier alpha value is -2.60. The van der Waals surface area contributed by atoms with Crippen LogP contribution in [0.15, 0.2) is 35.0 Å². The van der Waals surface area contributed by atoms with Crippen molar-refractivity contribution in [3.63, 3.8) is 0 Å². The van der Waals surface area contributed by atoms with Crippen molar-refractivity contribution in [2.75, 3.05) is 11.9 Å². The molecule has 0 amide bonds. The van der Waals surface area contributed by atoms with Gasteiger partial charge in [-0.05, 0) is 31.0 Å². The van der Waals surface area contributed by atoms with Gasteiger partial charge in [0.25, 0.3) is 0 Å². The van der Waals surface area contributed by atoms with E-state index in [1.165, 1.54) is 6.33 Å². The zero-order valence-corrected chi connectivity index (χ0v) is 13.1. The van der Waals surface area contributed by atoms with Crippen LogP contribution >= 0.6 is 11.6 Å². The maximum absolute atomic E-state index is 11.4. The summed E-state index contributed by atoms with van der Waals surface area (Å²) in [6.07, 6.45) is 2.10. The second-order valence-electron chi connectivity index (χ2n) is 5.04. The van der Waals surface area contributed by atoms with E-state index in [1.54, 1.807) is 6.92 Å². The van der Waals surface area contributed by atoms with Crippen molar-refractivity contribution >= 4 is 34.5 Å². The fourth-order valence-electron chi connectivity index (χ4n) is 2.41. The highest BCUT2D eigenvalue weighted by Gasteiger charge is 2.21. The average Bonchev–Trinajstić information content (AvgIpc) is 2.86. The van der Waals surface area contributed by atoms with Gasteiger partial charge in [-0.2, -0.15) is 0 Å². The number of aromatic carboxylic acids is 1. The Kier molecular flexibility index (Phi) is 4.16. The summed E-state index contributed by atoms with van der Waals surface area (Å²) in [6, 6.07) is 7.57. The highest BCUT2D eigenvalue weighted by atomic mass is 35.5. The molecule has 0 aliphatic rings. The number of carbonyl (C=O) groups is 1. The normalized spacial score (nSPS) is 10.9. The first-order valence-corrected chi connectivity index (χ1v) is 7.40. The van der Waals surface area contributed by atoms with E-state index in [1.807, 2.05) is 24.3 Å². The number of hydrogen-bond acceptors (Lipinski definition) is 5. The van der Waals surface area contributed by atoms with Crippen LogP contribution in [0.4, 0.5) is 5.82 Å². The number of nitrogens with zero attached hydrogens (tertiary/aromatic N) is 2. The van der Waals surface area contributed by atoms with Crippen molar-refractivity contribution in [3.8, 4) is 0 Å². The Bertz CT molecular complexity index is 859. The van der Waals surface area contributed by atoms with Crippen LogP contribution in [0.1, 0.15) is 21.7 Å². The van der Waals surface area contributed by atoms with Gasteiger partial charge in [0.2, 0.25) is 5.71 Å². The number of anilines is 1. The number of fused-ring (bicyclic) bond motifs is 1. The van der Waals surface area contributed by atoms with Gasteiger partial charge < -0.3 is 14.8 Å². The van der Waals surface area contributed by atoms with E-state index in [9.17, 15) is 9.90 Å². The van der Waals surface area contributed by atoms with Crippen LogP contribution in [0, 0.1) is 6.92 Å². The number of carboxylic acids is 1. The SMILES string of the molecule is Cc1oc2ncnc(NCCc3ccc(Cl)cc3)c2c1C(=O)O. The fourth-order valence-corrected chi connectivity index (χ4v) is 2.54. The van der Waals surface area contributed by atoms with Gasteiger partial charge in [0.1, 0.15) is 23.5 Å². The first-order valence-electron chi connectivity index (χ1n) is 7.02. The lowest BCUT2D eigenvalue weighted by Gasteiger charge is -2.07. The second kappa shape index (κ2) is 6.26. The van der Waals surface area contributed by atoms with Gasteiger partial charge in [-0.25, -0.2) is 14.8 Å². The molecule has 0 atom stereocenters. The molecule has 0 saturated heterocycles. The van der Waals surface area contributed by atoms with E-state index in [0.29, 0.717) is 28.5 Å². The highest BCUT2D eigenvalue weighted by molar-refractivity contribution is 6.30. The molecular weight excluding hydrogens is 318 g/mol. The molecule has 118 valence electrons. The van der Waals surface area contributed by atoms with E-state index < -0.39 is 5.97 Å². The van der Waals surface area contributed by atoms with Crippen LogP contribution in [0.5, 0.6) is 0 Å². The molecule has 23 heavy (non-hydrogen) atoms. The Labute approximate surface area is 137 Å². The van der Waals surface area contributed by atoms with Crippen molar-refractivity contribution in [2.45, 2.75) is 13.3 Å². The van der Waals surface area contributed by atoms with Crippen molar-refractivity contribution < 1.29 is 14.3 Å². The quantitative estimate of drug-likeness (QED) is 0.743. The van der Waals surface area contributed by atoms with Gasteiger partial charge >= 0.3 is 5.97 Å². The minimum Gasteiger partial charge on any atom is -0.478 e. The van der Waals surface area contributed by atoms with E-state index in [-0.39, 0.29) is 11.3 Å². The number of carboxylic acid groups (broad SMARTS) is 1. The van der Waals surface area contributed by atoms with Crippen LogP contribution in [0.3, 0.4) is 0 Å². The van der Waals surface area contributed by atoms with E-state index in [0.717, 1.165) is 12.0 Å². The molecule has 2 aromatic heterocycles. The zero-order chi connectivity index (χ0) is 16.4. The topological polar surface area (TPSA) is 88.3 Å². The molecule has 0 spiro atoms. The average molecular weight is 332 g/mol. The third-order valence-electron chi connectivity index (χ3n) is 3.50. The number of benzene rings is 1. The first-order chi connectivity index (χ1) is 11.1. The zero-order valence-electron chi connectivity index (χ0n) is 12.3. The molecule has 0 aliphatic heterocycles. The molecule has 0 bridgehead atoms. The van der Waals surface area contributed by atoms with E-state index >= 15 is 0 Å². The highest BCUT2D eigenvalue weighted by Crippen LogP contribution is 2.28. The summed E-state index contributed by atoms with van der Waals surface area (Å²) < 4.78 is 5.39. The number of aryl methyl sites for hydroxylation is 1. The van der Waals surface area contributed by atoms with Crippen molar-refractivity contribution in [2.24, 2.45) is 0 Å². The molecule has 0 saturated carbocycles. The van der Waals surface area contributed by atoms with Crippen LogP contribution in [0.2, 0.25) is 5.02 Å². The van der Waals surface area contributed by atoms with E-state index in [4.69, 9.17) is 16.0 Å². The molecule has 7 heteroatoms. The molecule has 2 heterocycles. The van der Waals surface area contributed by atoms with Gasteiger partial charge in [-0.15, -0.1) is 0 Å². The summed E-state index contributed by atoms with van der Waals surface area (Å²) in [7, 11) is 0. The van der Waals surface area contributed by atoms with Crippen molar-refractivity contribution in [3.05, 3.63) is 52.5 Å². The van der Waals surface area contributed by atoms with E-state index in [2.05, 4.69) is 15.3 Å². The molecule has 3 rings (SSSR count). The summed E-state index contributed by atoms with van der Waals surface area (Å²) in [4.78, 5) is 19.5. The minimum atomic E-state index is -1.06. The fraction of sp³-hybridized carbons (Fsp3) is 0.188. The summed E-state index contributed by atoms with van der Waals surface area (Å²) in [6.45, 7) is 2.19. The third kappa shape index (κ3) is 3.12. The molecule has 0 radical (unpaired) electrons. The lowest BCUT2D eigenvalue weighted by atomic mass is 10.1. The van der Waals surface area contributed by atoms with Crippen LogP contribution in [-0.2, 0) is 6.42 Å². The van der Waals surface area contributed by atoms with Gasteiger partial charge in [0.05, 0.1) is 5.39 Å². The number of rotatable bonds is 5. The van der Waals surface area contributed by atoms with Crippen LogP contribution in [-0.4, -0.2) is 27.6 Å².